The molecule has 2 saturated heterocycles. The molecule has 2 fully saturated rings. The summed E-state index contributed by atoms with van der Waals surface area (Å²) in [5, 5.41) is 0. The molecule has 3 heterocycles. The fourth-order valence-corrected chi connectivity index (χ4v) is 2.96. The maximum Gasteiger partial charge on any atom is 0.232 e. The second kappa shape index (κ2) is 4.26. The Morgan fingerprint density at radius 1 is 1.35 bits per heavy atom. The summed E-state index contributed by atoms with van der Waals surface area (Å²) < 4.78 is 5.61. The first-order valence-electron chi connectivity index (χ1n) is 6.43. The van der Waals surface area contributed by atoms with Gasteiger partial charge in [-0.05, 0) is 32.7 Å². The molecule has 2 aliphatic heterocycles. The van der Waals surface area contributed by atoms with E-state index in [4.69, 9.17) is 4.74 Å². The molecular weight excluding hydrogens is 214 g/mol. The fraction of sp³-hybridized carbons (Fsp3) is 0.692. The van der Waals surface area contributed by atoms with Crippen LogP contribution >= 0.6 is 0 Å². The Balaban J connectivity index is 1.79. The second-order valence-corrected chi connectivity index (χ2v) is 5.36. The maximum absolute atomic E-state index is 5.61. The summed E-state index contributed by atoms with van der Waals surface area (Å²) in [6.07, 6.45) is 5.07. The molecule has 1 aromatic heterocycles. The standard InChI is InChI=1S/C13H19N3O/c1-9(2)17-13-6-14-5-12(15-13)11-8-16-4-3-10(11)7-16/h5-6,9-11H,3-4,7-8H2,1-2H3/t10?,11-/m1/s1. The van der Waals surface area contributed by atoms with E-state index in [0.717, 1.165) is 18.2 Å². The zero-order chi connectivity index (χ0) is 11.8. The van der Waals surface area contributed by atoms with E-state index in [9.17, 15) is 0 Å². The molecule has 1 aromatic rings. The minimum Gasteiger partial charge on any atom is -0.474 e. The van der Waals surface area contributed by atoms with Crippen LogP contribution in [0.3, 0.4) is 0 Å². The van der Waals surface area contributed by atoms with Crippen LogP contribution in [0.1, 0.15) is 31.9 Å². The Labute approximate surface area is 102 Å². The topological polar surface area (TPSA) is 38.2 Å². The molecule has 0 aromatic carbocycles. The van der Waals surface area contributed by atoms with E-state index in [0.29, 0.717) is 11.8 Å². The van der Waals surface area contributed by atoms with Gasteiger partial charge in [0.1, 0.15) is 0 Å². The van der Waals surface area contributed by atoms with Gasteiger partial charge in [-0.15, -0.1) is 0 Å². The van der Waals surface area contributed by atoms with E-state index < -0.39 is 0 Å². The van der Waals surface area contributed by atoms with Gasteiger partial charge < -0.3 is 9.64 Å². The molecule has 4 nitrogen and oxygen atoms in total. The van der Waals surface area contributed by atoms with Crippen LogP contribution in [-0.2, 0) is 0 Å². The zero-order valence-electron chi connectivity index (χ0n) is 10.5. The molecule has 0 saturated carbocycles. The predicted molar refractivity (Wildman–Crippen MR) is 65.1 cm³/mol. The lowest BCUT2D eigenvalue weighted by Crippen LogP contribution is -2.23. The van der Waals surface area contributed by atoms with Crippen molar-refractivity contribution >= 4 is 0 Å². The normalized spacial score (nSPS) is 31.1. The van der Waals surface area contributed by atoms with Gasteiger partial charge in [-0.2, -0.15) is 0 Å². The van der Waals surface area contributed by atoms with E-state index in [1.807, 2.05) is 20.0 Å². The molecular formula is C13H19N3O. The summed E-state index contributed by atoms with van der Waals surface area (Å²) in [4.78, 5) is 11.4. The van der Waals surface area contributed by atoms with Gasteiger partial charge >= 0.3 is 0 Å². The number of piperidine rings is 1. The highest BCUT2D eigenvalue weighted by atomic mass is 16.5. The van der Waals surface area contributed by atoms with Crippen LogP contribution in [0.15, 0.2) is 12.4 Å². The number of ether oxygens (including phenoxy) is 1. The van der Waals surface area contributed by atoms with Crippen LogP contribution in [0.25, 0.3) is 0 Å². The Bertz CT molecular complexity index is 407. The highest BCUT2D eigenvalue weighted by Gasteiger charge is 2.39. The van der Waals surface area contributed by atoms with Crippen LogP contribution in [-0.4, -0.2) is 40.6 Å². The molecule has 0 N–H and O–H groups in total. The maximum atomic E-state index is 5.61. The molecule has 0 amide bonds. The van der Waals surface area contributed by atoms with Gasteiger partial charge in [0.2, 0.25) is 5.88 Å². The first-order valence-corrected chi connectivity index (χ1v) is 6.43. The van der Waals surface area contributed by atoms with Crippen LogP contribution in [0.5, 0.6) is 5.88 Å². The molecule has 3 rings (SSSR count). The summed E-state index contributed by atoms with van der Waals surface area (Å²) in [6, 6.07) is 0. The van der Waals surface area contributed by atoms with Crippen molar-refractivity contribution in [2.45, 2.75) is 32.3 Å². The average Bonchev–Trinajstić information content (AvgIpc) is 2.90. The molecule has 92 valence electrons. The molecule has 3 atom stereocenters. The highest BCUT2D eigenvalue weighted by Crippen LogP contribution is 2.38. The van der Waals surface area contributed by atoms with Crippen molar-refractivity contribution in [2.75, 3.05) is 19.6 Å². The summed E-state index contributed by atoms with van der Waals surface area (Å²) >= 11 is 0. The lowest BCUT2D eigenvalue weighted by molar-refractivity contribution is 0.229. The fourth-order valence-electron chi connectivity index (χ4n) is 2.96. The monoisotopic (exact) mass is 233 g/mol. The van der Waals surface area contributed by atoms with Crippen molar-refractivity contribution in [3.8, 4) is 5.88 Å². The summed E-state index contributed by atoms with van der Waals surface area (Å²) in [5.41, 5.74) is 1.11. The van der Waals surface area contributed by atoms with Crippen molar-refractivity contribution < 1.29 is 4.74 Å². The SMILES string of the molecule is CC(C)Oc1cncc([C@@H]2CN3CCC2C3)n1. The molecule has 2 unspecified atom stereocenters. The average molecular weight is 233 g/mol. The Morgan fingerprint density at radius 3 is 2.88 bits per heavy atom. The van der Waals surface area contributed by atoms with Gasteiger partial charge in [0.05, 0.1) is 18.0 Å². The number of hydrogen-bond donors (Lipinski definition) is 0. The first-order chi connectivity index (χ1) is 8.22. The Kier molecular flexibility index (Phi) is 2.74. The van der Waals surface area contributed by atoms with Crippen LogP contribution in [0.4, 0.5) is 0 Å². The van der Waals surface area contributed by atoms with Crippen molar-refractivity contribution in [2.24, 2.45) is 5.92 Å². The number of rotatable bonds is 3. The van der Waals surface area contributed by atoms with E-state index in [1.54, 1.807) is 6.20 Å². The smallest absolute Gasteiger partial charge is 0.232 e. The van der Waals surface area contributed by atoms with Gasteiger partial charge in [0.25, 0.3) is 0 Å². The van der Waals surface area contributed by atoms with Gasteiger partial charge in [0, 0.05) is 25.2 Å². The third-order valence-corrected chi connectivity index (χ3v) is 3.70. The highest BCUT2D eigenvalue weighted by molar-refractivity contribution is 5.17. The number of nitrogens with zero attached hydrogens (tertiary/aromatic N) is 3. The van der Waals surface area contributed by atoms with Crippen molar-refractivity contribution in [1.29, 1.82) is 0 Å². The lowest BCUT2D eigenvalue weighted by atomic mass is 9.90. The molecule has 2 bridgehead atoms. The first kappa shape index (κ1) is 11.0. The van der Waals surface area contributed by atoms with Crippen LogP contribution in [0.2, 0.25) is 0 Å². The largest absolute Gasteiger partial charge is 0.474 e. The molecule has 0 radical (unpaired) electrons. The minimum absolute atomic E-state index is 0.156. The van der Waals surface area contributed by atoms with Gasteiger partial charge in [-0.25, -0.2) is 4.98 Å². The van der Waals surface area contributed by atoms with E-state index >= 15 is 0 Å². The third kappa shape index (κ3) is 2.14. The van der Waals surface area contributed by atoms with Gasteiger partial charge in [-0.1, -0.05) is 0 Å². The Hall–Kier alpha value is -1.16. The molecule has 17 heavy (non-hydrogen) atoms. The summed E-state index contributed by atoms with van der Waals surface area (Å²) in [5.74, 6) is 2.00. The van der Waals surface area contributed by atoms with Crippen LogP contribution < -0.4 is 4.74 Å². The van der Waals surface area contributed by atoms with E-state index in [-0.39, 0.29) is 6.10 Å². The van der Waals surface area contributed by atoms with E-state index in [2.05, 4.69) is 14.9 Å². The number of hydrogen-bond acceptors (Lipinski definition) is 4. The predicted octanol–water partition coefficient (Wildman–Crippen LogP) is 1.68. The minimum atomic E-state index is 0.156. The third-order valence-electron chi connectivity index (χ3n) is 3.70. The van der Waals surface area contributed by atoms with Gasteiger partial charge in [0.15, 0.2) is 0 Å². The van der Waals surface area contributed by atoms with Crippen molar-refractivity contribution in [3.63, 3.8) is 0 Å². The van der Waals surface area contributed by atoms with Crippen molar-refractivity contribution in [1.82, 2.24) is 14.9 Å². The quantitative estimate of drug-likeness (QED) is 0.796. The number of aromatic nitrogens is 2. The molecule has 0 spiro atoms. The molecule has 0 aliphatic carbocycles. The van der Waals surface area contributed by atoms with E-state index in [1.165, 1.54) is 19.5 Å². The summed E-state index contributed by atoms with van der Waals surface area (Å²) in [6.45, 7) is 7.66. The van der Waals surface area contributed by atoms with Gasteiger partial charge in [-0.3, -0.25) is 4.98 Å². The van der Waals surface area contributed by atoms with Crippen LogP contribution in [0, 0.1) is 5.92 Å². The molecule has 4 heteroatoms. The lowest BCUT2D eigenvalue weighted by Gasteiger charge is -2.21. The number of fused-ring (bicyclic) bond motifs is 2. The van der Waals surface area contributed by atoms with Crippen molar-refractivity contribution in [3.05, 3.63) is 18.1 Å². The second-order valence-electron chi connectivity index (χ2n) is 5.36. The summed E-state index contributed by atoms with van der Waals surface area (Å²) in [7, 11) is 0. The molecule has 2 aliphatic rings. The zero-order valence-corrected chi connectivity index (χ0v) is 10.5. The Morgan fingerprint density at radius 2 is 2.24 bits per heavy atom.